The minimum Gasteiger partial charge on any atom is -0.299 e. The van der Waals surface area contributed by atoms with Crippen LogP contribution in [0.1, 0.15) is 64.2 Å². The summed E-state index contributed by atoms with van der Waals surface area (Å²) >= 11 is 0. The molecule has 0 aromatic heterocycles. The average molecular weight is 246 g/mol. The quantitative estimate of drug-likeness (QED) is 0.626. The first-order valence-electron chi connectivity index (χ1n) is 8.37. The molecule has 0 heterocycles. The first kappa shape index (κ1) is 11.5. The Morgan fingerprint density at radius 2 is 1.44 bits per heavy atom. The van der Waals surface area contributed by atoms with Gasteiger partial charge in [0, 0.05) is 12.3 Å². The molecule has 0 aromatic carbocycles. The molecular weight excluding hydrogens is 220 g/mol. The van der Waals surface area contributed by atoms with Crippen molar-refractivity contribution in [1.29, 1.82) is 0 Å². The minimum atomic E-state index is 0.506. The van der Waals surface area contributed by atoms with Gasteiger partial charge in [-0.25, -0.2) is 0 Å². The monoisotopic (exact) mass is 246 g/mol. The summed E-state index contributed by atoms with van der Waals surface area (Å²) < 4.78 is 0. The molecule has 4 saturated carbocycles. The van der Waals surface area contributed by atoms with Crippen molar-refractivity contribution < 1.29 is 4.79 Å². The van der Waals surface area contributed by atoms with Gasteiger partial charge < -0.3 is 0 Å². The SMILES string of the molecule is O=C1CC[C@H]2CC[C@H]3[C@@H](CCC4CCCC[C@@H]43)[C@H]12. The molecule has 0 aliphatic heterocycles. The highest BCUT2D eigenvalue weighted by Gasteiger charge is 2.51. The molecule has 0 aromatic rings. The number of ketones is 1. The topological polar surface area (TPSA) is 17.1 Å². The molecule has 4 rings (SSSR count). The summed E-state index contributed by atoms with van der Waals surface area (Å²) in [5.74, 6) is 5.72. The van der Waals surface area contributed by atoms with Crippen LogP contribution in [0.4, 0.5) is 0 Å². The highest BCUT2D eigenvalue weighted by Crippen LogP contribution is 2.56. The van der Waals surface area contributed by atoms with Gasteiger partial charge in [-0.1, -0.05) is 19.3 Å². The van der Waals surface area contributed by atoms with Crippen LogP contribution >= 0.6 is 0 Å². The highest BCUT2D eigenvalue weighted by molar-refractivity contribution is 5.83. The van der Waals surface area contributed by atoms with E-state index < -0.39 is 0 Å². The highest BCUT2D eigenvalue weighted by atomic mass is 16.1. The van der Waals surface area contributed by atoms with Gasteiger partial charge in [0.05, 0.1) is 0 Å². The summed E-state index contributed by atoms with van der Waals surface area (Å²) in [6.45, 7) is 0. The number of fused-ring (bicyclic) bond motifs is 5. The van der Waals surface area contributed by atoms with Gasteiger partial charge in [-0.05, 0) is 68.1 Å². The summed E-state index contributed by atoms with van der Waals surface area (Å²) in [6, 6.07) is 0. The van der Waals surface area contributed by atoms with Gasteiger partial charge in [-0.3, -0.25) is 4.79 Å². The summed E-state index contributed by atoms with van der Waals surface area (Å²) in [7, 11) is 0. The molecule has 4 fully saturated rings. The average Bonchev–Trinajstić information content (AvgIpc) is 2.80. The van der Waals surface area contributed by atoms with E-state index in [1.165, 1.54) is 57.8 Å². The van der Waals surface area contributed by atoms with Crippen LogP contribution < -0.4 is 0 Å². The van der Waals surface area contributed by atoms with Crippen LogP contribution in [0.2, 0.25) is 0 Å². The Balaban J connectivity index is 1.59. The lowest BCUT2D eigenvalue weighted by molar-refractivity contribution is -0.127. The molecule has 6 atom stereocenters. The van der Waals surface area contributed by atoms with Gasteiger partial charge in [-0.2, -0.15) is 0 Å². The van der Waals surface area contributed by atoms with E-state index >= 15 is 0 Å². The van der Waals surface area contributed by atoms with Crippen molar-refractivity contribution in [3.8, 4) is 0 Å². The summed E-state index contributed by atoms with van der Waals surface area (Å²) in [5.41, 5.74) is 0. The van der Waals surface area contributed by atoms with Crippen molar-refractivity contribution in [2.24, 2.45) is 35.5 Å². The molecule has 1 heteroatoms. The zero-order valence-electron chi connectivity index (χ0n) is 11.4. The number of rotatable bonds is 0. The fourth-order valence-corrected chi connectivity index (χ4v) is 6.23. The third-order valence-corrected chi connectivity index (χ3v) is 6.91. The predicted molar refractivity (Wildman–Crippen MR) is 72.1 cm³/mol. The van der Waals surface area contributed by atoms with E-state index in [2.05, 4.69) is 0 Å². The molecular formula is C17H26O. The van der Waals surface area contributed by atoms with E-state index in [1.807, 2.05) is 0 Å². The van der Waals surface area contributed by atoms with Crippen molar-refractivity contribution >= 4 is 5.78 Å². The Labute approximate surface area is 111 Å². The molecule has 0 bridgehead atoms. The van der Waals surface area contributed by atoms with Crippen LogP contribution in [0.3, 0.4) is 0 Å². The molecule has 1 nitrogen and oxygen atoms in total. The second-order valence-corrected chi connectivity index (χ2v) is 7.48. The Morgan fingerprint density at radius 3 is 2.39 bits per heavy atom. The first-order chi connectivity index (χ1) is 8.84. The van der Waals surface area contributed by atoms with Gasteiger partial charge in [0.15, 0.2) is 0 Å². The maximum Gasteiger partial charge on any atom is 0.136 e. The second-order valence-electron chi connectivity index (χ2n) is 7.48. The molecule has 4 aliphatic carbocycles. The number of carbonyl (C=O) groups is 1. The minimum absolute atomic E-state index is 0.506. The molecule has 0 spiro atoms. The van der Waals surface area contributed by atoms with Gasteiger partial charge >= 0.3 is 0 Å². The van der Waals surface area contributed by atoms with E-state index in [0.717, 1.165) is 36.0 Å². The smallest absolute Gasteiger partial charge is 0.136 e. The lowest BCUT2D eigenvalue weighted by atomic mass is 9.54. The Morgan fingerprint density at radius 1 is 0.667 bits per heavy atom. The zero-order chi connectivity index (χ0) is 12.1. The van der Waals surface area contributed by atoms with Gasteiger partial charge in [-0.15, -0.1) is 0 Å². The van der Waals surface area contributed by atoms with Crippen molar-refractivity contribution in [3.63, 3.8) is 0 Å². The Bertz CT molecular complexity index is 348. The molecule has 18 heavy (non-hydrogen) atoms. The van der Waals surface area contributed by atoms with Crippen LogP contribution in [0.5, 0.6) is 0 Å². The largest absolute Gasteiger partial charge is 0.299 e. The van der Waals surface area contributed by atoms with E-state index in [1.54, 1.807) is 0 Å². The van der Waals surface area contributed by atoms with Crippen LogP contribution in [0, 0.1) is 35.5 Å². The van der Waals surface area contributed by atoms with E-state index in [4.69, 9.17) is 0 Å². The van der Waals surface area contributed by atoms with E-state index in [-0.39, 0.29) is 0 Å². The lowest BCUT2D eigenvalue weighted by Gasteiger charge is -2.51. The maximum atomic E-state index is 12.2. The number of carbonyl (C=O) groups excluding carboxylic acids is 1. The summed E-state index contributed by atoms with van der Waals surface area (Å²) in [5, 5.41) is 0. The summed E-state index contributed by atoms with van der Waals surface area (Å²) in [4.78, 5) is 12.2. The lowest BCUT2D eigenvalue weighted by Crippen LogP contribution is -2.45. The van der Waals surface area contributed by atoms with E-state index in [9.17, 15) is 4.79 Å². The standard InChI is InChI=1S/C17H26O/c18-16-10-7-12-6-8-14-13-4-2-1-3-11(13)5-9-15(14)17(12)16/h11-15,17H,1-10H2/t11?,12-,13+,14-,15-,17-/m1/s1. The predicted octanol–water partition coefficient (Wildman–Crippen LogP) is 4.21. The van der Waals surface area contributed by atoms with Crippen molar-refractivity contribution in [2.75, 3.05) is 0 Å². The molecule has 0 N–H and O–H groups in total. The normalized spacial score (nSPS) is 51.4. The number of hydrogen-bond acceptors (Lipinski definition) is 1. The van der Waals surface area contributed by atoms with Crippen molar-refractivity contribution in [1.82, 2.24) is 0 Å². The van der Waals surface area contributed by atoms with Crippen LogP contribution in [0.15, 0.2) is 0 Å². The molecule has 0 saturated heterocycles. The zero-order valence-corrected chi connectivity index (χ0v) is 11.4. The van der Waals surface area contributed by atoms with Crippen molar-refractivity contribution in [3.05, 3.63) is 0 Å². The molecule has 1 unspecified atom stereocenters. The van der Waals surface area contributed by atoms with Gasteiger partial charge in [0.2, 0.25) is 0 Å². The summed E-state index contributed by atoms with van der Waals surface area (Å²) in [6.07, 6.45) is 13.7. The molecule has 0 radical (unpaired) electrons. The number of hydrogen-bond donors (Lipinski definition) is 0. The maximum absolute atomic E-state index is 12.2. The fourth-order valence-electron chi connectivity index (χ4n) is 6.23. The number of Topliss-reactive ketones (excluding diaryl/α,β-unsaturated/α-hetero) is 1. The van der Waals surface area contributed by atoms with E-state index in [0.29, 0.717) is 11.7 Å². The molecule has 100 valence electrons. The second kappa shape index (κ2) is 4.35. The molecule has 4 aliphatic rings. The third-order valence-electron chi connectivity index (χ3n) is 6.91. The Hall–Kier alpha value is -0.330. The fraction of sp³-hybridized carbons (Fsp3) is 0.941. The van der Waals surface area contributed by atoms with Crippen LogP contribution in [-0.4, -0.2) is 5.78 Å². The third kappa shape index (κ3) is 1.62. The van der Waals surface area contributed by atoms with Crippen molar-refractivity contribution in [2.45, 2.75) is 64.2 Å². The van der Waals surface area contributed by atoms with Crippen LogP contribution in [0.25, 0.3) is 0 Å². The first-order valence-corrected chi connectivity index (χ1v) is 8.37. The van der Waals surface area contributed by atoms with Gasteiger partial charge in [0.1, 0.15) is 5.78 Å². The Kier molecular flexibility index (Phi) is 2.78. The molecule has 0 amide bonds. The van der Waals surface area contributed by atoms with Gasteiger partial charge in [0.25, 0.3) is 0 Å². The van der Waals surface area contributed by atoms with Crippen LogP contribution in [-0.2, 0) is 4.79 Å².